The largest absolute Gasteiger partial charge is 0.0808 e. The van der Waals surface area contributed by atoms with Gasteiger partial charge in [-0.2, -0.15) is 0 Å². The lowest BCUT2D eigenvalue weighted by molar-refractivity contribution is 0.363. The smallest absolute Gasteiger partial charge is 0.0727 e. The third-order valence-corrected chi connectivity index (χ3v) is 2.99. The highest BCUT2D eigenvalue weighted by Crippen LogP contribution is 2.40. The molecule has 0 bridgehead atoms. The Morgan fingerprint density at radius 3 is 1.60 bits per heavy atom. The lowest BCUT2D eigenvalue weighted by Crippen LogP contribution is -2.19. The van der Waals surface area contributed by atoms with Crippen molar-refractivity contribution in [3.05, 3.63) is 0 Å². The summed E-state index contributed by atoms with van der Waals surface area (Å²) in [5.74, 6) is 0. The summed E-state index contributed by atoms with van der Waals surface area (Å²) in [4.78, 5) is 0. The molecule has 0 amide bonds. The third-order valence-electron chi connectivity index (χ3n) is 1.31. The first-order valence-electron chi connectivity index (χ1n) is 3.65. The number of alkyl halides is 2. The van der Waals surface area contributed by atoms with Crippen molar-refractivity contribution < 1.29 is 0 Å². The zero-order valence-electron chi connectivity index (χ0n) is 7.17. The van der Waals surface area contributed by atoms with Crippen molar-refractivity contribution in [1.29, 1.82) is 0 Å². The Morgan fingerprint density at radius 2 is 1.50 bits per heavy atom. The predicted molar refractivity (Wildman–Crippen MR) is 54.9 cm³/mol. The number of hydrogen-bond donors (Lipinski definition) is 0. The van der Waals surface area contributed by atoms with Crippen LogP contribution in [0.3, 0.4) is 0 Å². The van der Waals surface area contributed by atoms with E-state index in [1.807, 2.05) is 0 Å². The molecule has 0 aromatic carbocycles. The summed E-state index contributed by atoms with van der Waals surface area (Å²) in [6, 6.07) is 0. The van der Waals surface area contributed by atoms with Crippen LogP contribution in [0.4, 0.5) is 0 Å². The fraction of sp³-hybridized carbons (Fsp3) is 1.00. The molecule has 0 fully saturated rings. The summed E-state index contributed by atoms with van der Waals surface area (Å²) in [6.45, 7) is 8.93. The molecule has 0 radical (unpaired) electrons. The molecule has 0 aliphatic carbocycles. The first-order chi connectivity index (χ1) is 4.27. The maximum atomic E-state index is 3.63. The van der Waals surface area contributed by atoms with E-state index in [-0.39, 0.29) is 3.23 Å². The van der Waals surface area contributed by atoms with Gasteiger partial charge in [0.05, 0.1) is 3.23 Å². The van der Waals surface area contributed by atoms with Crippen molar-refractivity contribution in [3.63, 3.8) is 0 Å². The van der Waals surface area contributed by atoms with Gasteiger partial charge in [-0.1, -0.05) is 59.6 Å². The van der Waals surface area contributed by atoms with Crippen molar-refractivity contribution in [2.24, 2.45) is 5.41 Å². The fourth-order valence-corrected chi connectivity index (χ4v) is 2.58. The van der Waals surface area contributed by atoms with Crippen molar-refractivity contribution >= 4 is 31.9 Å². The second-order valence-electron chi connectivity index (χ2n) is 3.95. The Bertz CT molecular complexity index is 100. The van der Waals surface area contributed by atoms with Crippen LogP contribution in [0.2, 0.25) is 0 Å². The van der Waals surface area contributed by atoms with Gasteiger partial charge < -0.3 is 0 Å². The average Bonchev–Trinajstić information content (AvgIpc) is 1.60. The van der Waals surface area contributed by atoms with E-state index in [1.54, 1.807) is 0 Å². The molecule has 10 heavy (non-hydrogen) atoms. The fourth-order valence-electron chi connectivity index (χ4n) is 0.901. The van der Waals surface area contributed by atoms with Gasteiger partial charge in [0, 0.05) is 0 Å². The second kappa shape index (κ2) is 3.57. The van der Waals surface area contributed by atoms with Gasteiger partial charge in [-0.05, 0) is 18.3 Å². The number of rotatable bonds is 2. The summed E-state index contributed by atoms with van der Waals surface area (Å²) in [5, 5.41) is 0. The first kappa shape index (κ1) is 11.0. The molecule has 0 atom stereocenters. The van der Waals surface area contributed by atoms with Crippen LogP contribution in [0, 0.1) is 5.41 Å². The monoisotopic (exact) mass is 270 g/mol. The zero-order chi connectivity index (χ0) is 8.41. The maximum absolute atomic E-state index is 3.63. The van der Waals surface area contributed by atoms with Crippen molar-refractivity contribution in [2.45, 2.75) is 43.8 Å². The van der Waals surface area contributed by atoms with E-state index in [0.717, 1.165) is 12.8 Å². The molecule has 0 aromatic rings. The molecular weight excluding hydrogens is 256 g/mol. The van der Waals surface area contributed by atoms with Gasteiger partial charge >= 0.3 is 0 Å². The Morgan fingerprint density at radius 1 is 1.10 bits per heavy atom. The number of hydrogen-bond acceptors (Lipinski definition) is 0. The molecular formula is C8H16Br2. The van der Waals surface area contributed by atoms with Crippen molar-refractivity contribution in [1.82, 2.24) is 0 Å². The highest BCUT2D eigenvalue weighted by molar-refractivity contribution is 9.25. The highest BCUT2D eigenvalue weighted by Gasteiger charge is 2.26. The van der Waals surface area contributed by atoms with Crippen molar-refractivity contribution in [3.8, 4) is 0 Å². The summed E-state index contributed by atoms with van der Waals surface area (Å²) in [5.41, 5.74) is 0.392. The lowest BCUT2D eigenvalue weighted by atomic mass is 9.90. The minimum Gasteiger partial charge on any atom is -0.0727 e. The van der Waals surface area contributed by atoms with Crippen LogP contribution < -0.4 is 0 Å². The SMILES string of the molecule is CCC(Br)(Br)CC(C)(C)C. The third kappa shape index (κ3) is 5.72. The Labute approximate surface area is 81.0 Å². The maximum Gasteiger partial charge on any atom is 0.0808 e. The summed E-state index contributed by atoms with van der Waals surface area (Å²) in [6.07, 6.45) is 2.26. The van der Waals surface area contributed by atoms with Gasteiger partial charge in [-0.3, -0.25) is 0 Å². The normalized spacial score (nSPS) is 13.8. The first-order valence-corrected chi connectivity index (χ1v) is 5.23. The van der Waals surface area contributed by atoms with E-state index in [4.69, 9.17) is 0 Å². The molecule has 0 aliphatic heterocycles. The summed E-state index contributed by atoms with van der Waals surface area (Å²) >= 11 is 7.27. The Kier molecular flexibility index (Phi) is 3.92. The van der Waals surface area contributed by atoms with Gasteiger partial charge in [0.1, 0.15) is 0 Å². The molecule has 0 nitrogen and oxygen atoms in total. The molecule has 0 unspecified atom stereocenters. The topological polar surface area (TPSA) is 0 Å². The summed E-state index contributed by atoms with van der Waals surface area (Å²) in [7, 11) is 0. The van der Waals surface area contributed by atoms with E-state index in [0.29, 0.717) is 5.41 Å². The molecule has 62 valence electrons. The predicted octanol–water partition coefficient (Wildman–Crippen LogP) is 4.32. The number of halogens is 2. The Hall–Kier alpha value is 0.960. The van der Waals surface area contributed by atoms with Gasteiger partial charge in [-0.15, -0.1) is 0 Å². The highest BCUT2D eigenvalue weighted by atomic mass is 79.9. The van der Waals surface area contributed by atoms with Gasteiger partial charge in [-0.25, -0.2) is 0 Å². The minimum atomic E-state index is 0.151. The molecule has 0 heterocycles. The quantitative estimate of drug-likeness (QED) is 0.657. The van der Waals surface area contributed by atoms with Gasteiger partial charge in [0.15, 0.2) is 0 Å². The molecule has 0 saturated heterocycles. The van der Waals surface area contributed by atoms with Crippen LogP contribution in [-0.4, -0.2) is 3.23 Å². The molecule has 0 aliphatic rings. The Balaban J connectivity index is 3.89. The molecule has 0 spiro atoms. The summed E-state index contributed by atoms with van der Waals surface area (Å²) < 4.78 is 0.151. The lowest BCUT2D eigenvalue weighted by Gasteiger charge is -2.27. The van der Waals surface area contributed by atoms with Crippen LogP contribution in [0.15, 0.2) is 0 Å². The second-order valence-corrected chi connectivity index (χ2v) is 8.05. The molecule has 0 saturated carbocycles. The van der Waals surface area contributed by atoms with Crippen LogP contribution in [0.1, 0.15) is 40.5 Å². The minimum absolute atomic E-state index is 0.151. The van der Waals surface area contributed by atoms with Crippen molar-refractivity contribution in [2.75, 3.05) is 0 Å². The molecule has 2 heteroatoms. The van der Waals surface area contributed by atoms with E-state index in [2.05, 4.69) is 59.6 Å². The van der Waals surface area contributed by atoms with E-state index in [9.17, 15) is 0 Å². The van der Waals surface area contributed by atoms with E-state index in [1.165, 1.54) is 0 Å². The van der Waals surface area contributed by atoms with Gasteiger partial charge in [0.25, 0.3) is 0 Å². The van der Waals surface area contributed by atoms with Crippen LogP contribution in [-0.2, 0) is 0 Å². The van der Waals surface area contributed by atoms with E-state index >= 15 is 0 Å². The molecule has 0 aromatic heterocycles. The molecule has 0 N–H and O–H groups in total. The zero-order valence-corrected chi connectivity index (χ0v) is 10.3. The van der Waals surface area contributed by atoms with Crippen LogP contribution >= 0.6 is 31.9 Å². The average molecular weight is 272 g/mol. The van der Waals surface area contributed by atoms with Gasteiger partial charge in [0.2, 0.25) is 0 Å². The van der Waals surface area contributed by atoms with Crippen LogP contribution in [0.5, 0.6) is 0 Å². The van der Waals surface area contributed by atoms with E-state index < -0.39 is 0 Å². The van der Waals surface area contributed by atoms with Crippen LogP contribution in [0.25, 0.3) is 0 Å². The molecule has 0 rings (SSSR count). The standard InChI is InChI=1S/C8H16Br2/c1-5-8(9,10)6-7(2,3)4/h5-6H2,1-4H3.